The Labute approximate surface area is 331 Å². The molecule has 2 saturated carbocycles. The number of hydrogen-bond acceptors (Lipinski definition) is 13. The van der Waals surface area contributed by atoms with Crippen molar-refractivity contribution >= 4 is 44.6 Å². The fourth-order valence-electron chi connectivity index (χ4n) is 6.79. The van der Waals surface area contributed by atoms with Gasteiger partial charge in [-0.1, -0.05) is 26.8 Å². The maximum absolute atomic E-state index is 14.6. The minimum absolute atomic E-state index is 0.0614. The number of ether oxygens (including phenoxy) is 4. The zero-order chi connectivity index (χ0) is 41.7. The van der Waals surface area contributed by atoms with Crippen LogP contribution in [0.25, 0.3) is 22.4 Å². The zero-order valence-electron chi connectivity index (χ0n) is 33.3. The number of alkyl carbamates (subject to hydrolysis) is 1. The summed E-state index contributed by atoms with van der Waals surface area (Å²) in [5, 5.41) is 6.06. The van der Waals surface area contributed by atoms with Crippen LogP contribution >= 0.6 is 0 Å². The molecule has 1 aromatic carbocycles. The number of oxazole rings is 1. The largest absolute Gasteiger partial charge is 0.497 e. The van der Waals surface area contributed by atoms with Gasteiger partial charge in [0.15, 0.2) is 0 Å². The van der Waals surface area contributed by atoms with Crippen LogP contribution in [0.5, 0.6) is 17.6 Å². The van der Waals surface area contributed by atoms with Crippen molar-refractivity contribution in [3.63, 3.8) is 0 Å². The molecule has 6 rings (SSSR count). The summed E-state index contributed by atoms with van der Waals surface area (Å²) in [5.41, 5.74) is -3.02. The number of rotatable bonds is 13. The maximum atomic E-state index is 14.6. The lowest BCUT2D eigenvalue weighted by Crippen LogP contribution is -2.60. The van der Waals surface area contributed by atoms with Gasteiger partial charge in [-0.2, -0.15) is 0 Å². The van der Waals surface area contributed by atoms with E-state index in [0.29, 0.717) is 35.1 Å². The number of fused-ring (bicyclic) bond motifs is 1. The van der Waals surface area contributed by atoms with Crippen molar-refractivity contribution < 1.29 is 51.0 Å². The predicted molar refractivity (Wildman–Crippen MR) is 207 cm³/mol. The lowest BCUT2D eigenvalue weighted by atomic mass is 9.85. The van der Waals surface area contributed by atoms with Gasteiger partial charge in [0.05, 0.1) is 26.0 Å². The van der Waals surface area contributed by atoms with Gasteiger partial charge in [-0.05, 0) is 75.1 Å². The summed E-state index contributed by atoms with van der Waals surface area (Å²) in [6, 6.07) is 4.63. The van der Waals surface area contributed by atoms with Gasteiger partial charge >= 0.3 is 12.0 Å². The minimum Gasteiger partial charge on any atom is -0.497 e. The molecule has 1 aliphatic heterocycles. The van der Waals surface area contributed by atoms with Gasteiger partial charge in [0.2, 0.25) is 33.6 Å². The molecule has 18 heteroatoms. The van der Waals surface area contributed by atoms with Crippen LogP contribution in [-0.2, 0) is 29.1 Å². The first-order chi connectivity index (χ1) is 26.7. The molecule has 4 amide bonds. The van der Waals surface area contributed by atoms with Crippen LogP contribution < -0.4 is 29.6 Å². The summed E-state index contributed by atoms with van der Waals surface area (Å²) in [5.74, 6) is -1.73. The number of aromatic nitrogens is 2. The first kappa shape index (κ1) is 41.2. The standard InChI is InChI=1S/C39H50N6O11S/c1-10-22-18-39(22,35(48)44-57(50,51)25-12-13-25)43-31(46)28-17-24(20-45(28)34(47)30(37(2,3)4)42-36(49)56-38(5,6)7)54-32-26-14-11-23(52-8)15-21(26)16-27(41-32)33-40-19-29(53-9)55-33/h10-11,14-16,19,22,24-25,28,30H,1,12-13,17-18,20H2,2-9H3,(H,42,49)(H,43,46)(H,44,48)/t22-,24-,28+,30-,39-/m1/s1. The Kier molecular flexibility index (Phi) is 11.0. The summed E-state index contributed by atoms with van der Waals surface area (Å²) in [6.07, 6.45) is 2.14. The Morgan fingerprint density at radius 1 is 1.07 bits per heavy atom. The Balaban J connectivity index is 1.35. The molecular formula is C39H50N6O11S. The summed E-state index contributed by atoms with van der Waals surface area (Å²) >= 11 is 0. The van der Waals surface area contributed by atoms with E-state index >= 15 is 0 Å². The van der Waals surface area contributed by atoms with Gasteiger partial charge in [0, 0.05) is 17.7 Å². The average molecular weight is 811 g/mol. The van der Waals surface area contributed by atoms with Crippen molar-refractivity contribution in [1.82, 2.24) is 30.2 Å². The topological polar surface area (TPSA) is 218 Å². The first-order valence-corrected chi connectivity index (χ1v) is 20.2. The number of nitrogens with zero attached hydrogens (tertiary/aromatic N) is 3. The second kappa shape index (κ2) is 15.2. The quantitative estimate of drug-likeness (QED) is 0.209. The van der Waals surface area contributed by atoms with Gasteiger partial charge in [-0.15, -0.1) is 6.58 Å². The third-order valence-corrected chi connectivity index (χ3v) is 11.9. The monoisotopic (exact) mass is 810 g/mol. The van der Waals surface area contributed by atoms with Gasteiger partial charge in [-0.3, -0.25) is 19.1 Å². The number of likely N-dealkylation sites (tertiary alicyclic amines) is 1. The summed E-state index contributed by atoms with van der Waals surface area (Å²) in [6.45, 7) is 14.0. The Morgan fingerprint density at radius 3 is 2.37 bits per heavy atom. The molecule has 0 spiro atoms. The molecule has 3 heterocycles. The Hall–Kier alpha value is -5.39. The van der Waals surface area contributed by atoms with Crippen molar-refractivity contribution in [2.45, 2.75) is 102 Å². The van der Waals surface area contributed by atoms with E-state index in [1.165, 1.54) is 31.4 Å². The molecule has 0 unspecified atom stereocenters. The molecule has 57 heavy (non-hydrogen) atoms. The SMILES string of the molecule is C=C[C@@H]1C[C@]1(NC(=O)[C@@H]1C[C@@H](Oc2nc(-c3ncc(OC)o3)cc3cc(OC)ccc23)CN1C(=O)[C@@H](NC(=O)OC(C)(C)C)C(C)(C)C)C(=O)NS(=O)(=O)C1CC1. The molecule has 2 aliphatic carbocycles. The van der Waals surface area contributed by atoms with Crippen molar-refractivity contribution in [2.24, 2.45) is 11.3 Å². The molecule has 1 saturated heterocycles. The number of carbonyl (C=O) groups excluding carboxylic acids is 4. The Bertz CT molecular complexity index is 2190. The van der Waals surface area contributed by atoms with Crippen LogP contribution in [0.2, 0.25) is 0 Å². The second-order valence-electron chi connectivity index (χ2n) is 16.7. The maximum Gasteiger partial charge on any atom is 0.408 e. The molecule has 2 aromatic heterocycles. The number of nitrogens with one attached hydrogen (secondary N) is 3. The molecule has 3 N–H and O–H groups in total. The van der Waals surface area contributed by atoms with Crippen LogP contribution in [0.15, 0.2) is 47.5 Å². The molecule has 17 nitrogen and oxygen atoms in total. The average Bonchev–Trinajstić information content (AvgIpc) is 4.02. The molecule has 0 radical (unpaired) electrons. The van der Waals surface area contributed by atoms with E-state index in [9.17, 15) is 27.6 Å². The van der Waals surface area contributed by atoms with Crippen molar-refractivity contribution in [3.05, 3.63) is 43.1 Å². The number of benzene rings is 1. The molecule has 5 atom stereocenters. The summed E-state index contributed by atoms with van der Waals surface area (Å²) in [4.78, 5) is 66.0. The van der Waals surface area contributed by atoms with Crippen molar-refractivity contribution in [3.8, 4) is 29.2 Å². The molecule has 3 aromatic rings. The van der Waals surface area contributed by atoms with Gasteiger partial charge in [0.1, 0.15) is 47.0 Å². The van der Waals surface area contributed by atoms with E-state index < -0.39 is 79.7 Å². The first-order valence-electron chi connectivity index (χ1n) is 18.6. The van der Waals surface area contributed by atoms with E-state index in [1.807, 2.05) is 0 Å². The van der Waals surface area contributed by atoms with Crippen LogP contribution in [0, 0.1) is 11.3 Å². The van der Waals surface area contributed by atoms with Crippen molar-refractivity contribution in [1.29, 1.82) is 0 Å². The zero-order valence-corrected chi connectivity index (χ0v) is 34.2. The normalized spacial score (nSPS) is 22.6. The highest BCUT2D eigenvalue weighted by molar-refractivity contribution is 7.91. The van der Waals surface area contributed by atoms with Crippen LogP contribution in [-0.4, -0.2) is 102 Å². The lowest BCUT2D eigenvalue weighted by molar-refractivity contribution is -0.143. The summed E-state index contributed by atoms with van der Waals surface area (Å²) in [7, 11) is -0.959. The molecule has 3 aliphatic rings. The Morgan fingerprint density at radius 2 is 1.79 bits per heavy atom. The summed E-state index contributed by atoms with van der Waals surface area (Å²) < 4.78 is 56.0. The molecule has 3 fully saturated rings. The van der Waals surface area contributed by atoms with Gasteiger partial charge in [-0.25, -0.2) is 23.2 Å². The highest BCUT2D eigenvalue weighted by Crippen LogP contribution is 2.46. The highest BCUT2D eigenvalue weighted by Gasteiger charge is 2.62. The minimum atomic E-state index is -3.94. The van der Waals surface area contributed by atoms with Crippen LogP contribution in [0.4, 0.5) is 4.79 Å². The fourth-order valence-corrected chi connectivity index (χ4v) is 8.16. The molecular weight excluding hydrogens is 761 g/mol. The van der Waals surface area contributed by atoms with E-state index in [2.05, 4.69) is 26.9 Å². The number of sulfonamides is 1. The fraction of sp³-hybridized carbons (Fsp3) is 0.538. The van der Waals surface area contributed by atoms with E-state index in [1.54, 1.807) is 65.8 Å². The predicted octanol–water partition coefficient (Wildman–Crippen LogP) is 3.86. The van der Waals surface area contributed by atoms with E-state index in [0.717, 1.165) is 0 Å². The number of methoxy groups -OCH3 is 2. The number of amides is 4. The number of carbonyl (C=O) groups is 4. The third-order valence-electron chi connectivity index (χ3n) is 10.1. The van der Waals surface area contributed by atoms with Gasteiger partial charge in [0.25, 0.3) is 5.91 Å². The van der Waals surface area contributed by atoms with Crippen molar-refractivity contribution in [2.75, 3.05) is 20.8 Å². The van der Waals surface area contributed by atoms with Gasteiger partial charge < -0.3 is 38.9 Å². The molecule has 308 valence electrons. The van der Waals surface area contributed by atoms with Crippen LogP contribution in [0.3, 0.4) is 0 Å². The third kappa shape index (κ3) is 8.95. The van der Waals surface area contributed by atoms with Crippen LogP contribution in [0.1, 0.15) is 67.2 Å². The number of pyridine rings is 1. The molecule has 0 bridgehead atoms. The smallest absolute Gasteiger partial charge is 0.408 e. The second-order valence-corrected chi connectivity index (χ2v) is 18.7. The lowest BCUT2D eigenvalue weighted by Gasteiger charge is -2.36. The highest BCUT2D eigenvalue weighted by atomic mass is 32.2. The number of hydrogen-bond donors (Lipinski definition) is 3. The van der Waals surface area contributed by atoms with E-state index in [-0.39, 0.29) is 37.1 Å². The van der Waals surface area contributed by atoms with E-state index in [4.69, 9.17) is 28.3 Å².